The Balaban J connectivity index is 0.000000397. The fourth-order valence-corrected chi connectivity index (χ4v) is 4.40. The number of aromatic nitrogens is 1. The summed E-state index contributed by atoms with van der Waals surface area (Å²) in [6, 6.07) is 9.87. The van der Waals surface area contributed by atoms with Gasteiger partial charge in [-0.25, -0.2) is 14.0 Å². The summed E-state index contributed by atoms with van der Waals surface area (Å²) >= 11 is 0. The quantitative estimate of drug-likeness (QED) is 0.194. The number of carbonyl (C=O) groups excluding carboxylic acids is 1. The summed E-state index contributed by atoms with van der Waals surface area (Å²) in [6.45, 7) is 5.03. The molecule has 13 heteroatoms. The number of Topliss-reactive ketones (excluding diaryl/α,β-unsaturated/α-hetero) is 1. The number of hydrogen-bond acceptors (Lipinski definition) is 10. The number of carbonyl (C=O) groups is 3. The molecule has 0 aliphatic carbocycles. The first-order valence-corrected chi connectivity index (χ1v) is 12.9. The Morgan fingerprint density at radius 2 is 1.71 bits per heavy atom. The normalized spacial score (nSPS) is 15.4. The van der Waals surface area contributed by atoms with Crippen LogP contribution < -0.4 is 9.47 Å². The number of benzene rings is 2. The van der Waals surface area contributed by atoms with Gasteiger partial charge in [-0.3, -0.25) is 4.79 Å². The second-order valence-corrected chi connectivity index (χ2v) is 9.51. The van der Waals surface area contributed by atoms with E-state index in [1.54, 1.807) is 31.4 Å². The predicted octanol–water partition coefficient (Wildman–Crippen LogP) is 2.70. The van der Waals surface area contributed by atoms with Gasteiger partial charge in [-0.1, -0.05) is 5.16 Å². The van der Waals surface area contributed by atoms with Crippen molar-refractivity contribution < 1.29 is 53.2 Å². The van der Waals surface area contributed by atoms with E-state index in [9.17, 15) is 18.8 Å². The van der Waals surface area contributed by atoms with Crippen LogP contribution in [0, 0.1) is 5.82 Å². The van der Waals surface area contributed by atoms with Crippen molar-refractivity contribution in [3.05, 3.63) is 53.5 Å². The van der Waals surface area contributed by atoms with E-state index < -0.39 is 24.1 Å². The molecule has 2 atom stereocenters. The minimum atomic E-state index is -2.27. The van der Waals surface area contributed by atoms with Gasteiger partial charge < -0.3 is 39.3 Å². The molecule has 1 aromatic heterocycles. The Hall–Kier alpha value is -4.07. The Morgan fingerprint density at radius 1 is 1.05 bits per heavy atom. The number of hydrogen-bond donors (Lipinski definition) is 4. The van der Waals surface area contributed by atoms with Crippen molar-refractivity contribution in [2.24, 2.45) is 0 Å². The zero-order valence-electron chi connectivity index (χ0n) is 22.7. The van der Waals surface area contributed by atoms with E-state index in [0.29, 0.717) is 35.2 Å². The van der Waals surface area contributed by atoms with Crippen LogP contribution in [0.4, 0.5) is 4.39 Å². The highest BCUT2D eigenvalue weighted by Crippen LogP contribution is 2.33. The Morgan fingerprint density at radius 3 is 2.29 bits per heavy atom. The van der Waals surface area contributed by atoms with Gasteiger partial charge in [0, 0.05) is 29.5 Å². The fraction of sp³-hybridized carbons (Fsp3) is 0.429. The standard InChI is InChI=1S/C24H27FN2O4.C4H6O6/c1-16(28)18-4-7-21(23(14-18)29-2)30-13-3-10-27-11-8-17(9-12-27)24-20-6-5-19(25)15-22(20)31-26-24;5-1(3(7)8)2(6)4(9)10/h4-7,14-15,17H,3,8-13H2,1-2H3;1-2,5-6H,(H,7,8)(H,9,10). The molecule has 1 aliphatic heterocycles. The van der Waals surface area contributed by atoms with Crippen molar-refractivity contribution in [2.75, 3.05) is 33.4 Å². The van der Waals surface area contributed by atoms with Crippen molar-refractivity contribution in [3.63, 3.8) is 0 Å². The average molecular weight is 577 g/mol. The molecule has 2 unspecified atom stereocenters. The van der Waals surface area contributed by atoms with Crippen molar-refractivity contribution in [1.29, 1.82) is 0 Å². The summed E-state index contributed by atoms with van der Waals surface area (Å²) in [5, 5.41) is 37.7. The maximum atomic E-state index is 13.4. The molecule has 1 aliphatic rings. The molecule has 4 rings (SSSR count). The second-order valence-electron chi connectivity index (χ2n) is 9.51. The van der Waals surface area contributed by atoms with Crippen molar-refractivity contribution in [2.45, 2.75) is 44.3 Å². The van der Waals surface area contributed by atoms with Crippen molar-refractivity contribution >= 4 is 28.7 Å². The number of likely N-dealkylation sites (tertiary alicyclic amines) is 1. The van der Waals surface area contributed by atoms with E-state index in [-0.39, 0.29) is 11.6 Å². The molecule has 1 fully saturated rings. The molecule has 4 N–H and O–H groups in total. The third kappa shape index (κ3) is 8.46. The van der Waals surface area contributed by atoms with E-state index in [4.69, 9.17) is 34.4 Å². The summed E-state index contributed by atoms with van der Waals surface area (Å²) in [5.74, 6) is -2.28. The van der Waals surface area contributed by atoms with Crippen LogP contribution in [0.2, 0.25) is 0 Å². The summed E-state index contributed by atoms with van der Waals surface area (Å²) in [7, 11) is 1.57. The van der Waals surface area contributed by atoms with Crippen LogP contribution >= 0.6 is 0 Å². The number of carboxylic acid groups (broad SMARTS) is 2. The van der Waals surface area contributed by atoms with Gasteiger partial charge in [0.25, 0.3) is 0 Å². The lowest BCUT2D eigenvalue weighted by Crippen LogP contribution is -2.39. The minimum Gasteiger partial charge on any atom is -0.493 e. The van der Waals surface area contributed by atoms with Gasteiger partial charge in [-0.05, 0) is 69.6 Å². The number of ketones is 1. The maximum absolute atomic E-state index is 13.4. The lowest BCUT2D eigenvalue weighted by molar-refractivity contribution is -0.165. The smallest absolute Gasteiger partial charge is 0.335 e. The highest BCUT2D eigenvalue weighted by Gasteiger charge is 2.29. The topological polar surface area (TPSA) is 180 Å². The number of carboxylic acids is 2. The zero-order chi connectivity index (χ0) is 30.1. The molecule has 2 aromatic carbocycles. The molecule has 3 aromatic rings. The largest absolute Gasteiger partial charge is 0.493 e. The lowest BCUT2D eigenvalue weighted by Gasteiger charge is -2.31. The molecule has 1 saturated heterocycles. The summed E-state index contributed by atoms with van der Waals surface area (Å²) in [4.78, 5) is 33.5. The third-order valence-electron chi connectivity index (χ3n) is 6.69. The van der Waals surface area contributed by atoms with E-state index in [1.165, 1.54) is 19.1 Å². The maximum Gasteiger partial charge on any atom is 0.335 e. The number of rotatable bonds is 11. The number of halogens is 1. The highest BCUT2D eigenvalue weighted by atomic mass is 19.1. The first-order chi connectivity index (χ1) is 19.5. The number of ether oxygens (including phenoxy) is 2. The first kappa shape index (κ1) is 31.5. The third-order valence-corrected chi connectivity index (χ3v) is 6.69. The molecular weight excluding hydrogens is 543 g/mol. The van der Waals surface area contributed by atoms with E-state index in [1.807, 2.05) is 0 Å². The SMILES string of the molecule is COc1cc(C(C)=O)ccc1OCCCN1CCC(c2noc3cc(F)ccc23)CC1.O=C(O)C(O)C(O)C(=O)O. The van der Waals surface area contributed by atoms with Gasteiger partial charge in [0.2, 0.25) is 0 Å². The van der Waals surface area contributed by atoms with Gasteiger partial charge >= 0.3 is 11.9 Å². The molecule has 0 bridgehead atoms. The van der Waals surface area contributed by atoms with Crippen molar-refractivity contribution in [3.8, 4) is 11.5 Å². The predicted molar refractivity (Wildman–Crippen MR) is 143 cm³/mol. The summed E-state index contributed by atoms with van der Waals surface area (Å²) in [5.41, 5.74) is 2.07. The van der Waals surface area contributed by atoms with Gasteiger partial charge in [0.15, 0.2) is 35.1 Å². The second kappa shape index (κ2) is 14.5. The fourth-order valence-electron chi connectivity index (χ4n) is 4.40. The van der Waals surface area contributed by atoms with Crippen LogP contribution in [-0.2, 0) is 9.59 Å². The molecular formula is C28H33FN2O10. The monoisotopic (exact) mass is 576 g/mol. The number of piperidine rings is 1. The molecule has 222 valence electrons. The molecule has 2 heterocycles. The van der Waals surface area contributed by atoms with Crippen LogP contribution in [0.1, 0.15) is 48.2 Å². The Kier molecular flexibility index (Phi) is 11.1. The van der Waals surface area contributed by atoms with E-state index in [0.717, 1.165) is 50.0 Å². The van der Waals surface area contributed by atoms with Gasteiger partial charge in [0.1, 0.15) is 5.82 Å². The minimum absolute atomic E-state index is 0.000894. The molecule has 0 radical (unpaired) electrons. The number of nitrogens with zero attached hydrogens (tertiary/aromatic N) is 2. The lowest BCUT2D eigenvalue weighted by atomic mass is 9.91. The number of aliphatic hydroxyl groups excluding tert-OH is 2. The van der Waals surface area contributed by atoms with Gasteiger partial charge in [-0.2, -0.15) is 0 Å². The number of methoxy groups -OCH3 is 1. The van der Waals surface area contributed by atoms with Crippen LogP contribution in [0.15, 0.2) is 40.9 Å². The molecule has 0 spiro atoms. The van der Waals surface area contributed by atoms with E-state index >= 15 is 0 Å². The number of aliphatic hydroxyl groups is 2. The van der Waals surface area contributed by atoms with Gasteiger partial charge in [0.05, 0.1) is 19.4 Å². The summed E-state index contributed by atoms with van der Waals surface area (Å²) < 4.78 is 29.9. The van der Waals surface area contributed by atoms with E-state index in [2.05, 4.69) is 10.1 Å². The number of aliphatic carboxylic acids is 2. The number of fused-ring (bicyclic) bond motifs is 1. The van der Waals surface area contributed by atoms with Crippen LogP contribution in [0.5, 0.6) is 11.5 Å². The molecule has 0 amide bonds. The Bertz CT molecular complexity index is 1330. The molecule has 0 saturated carbocycles. The molecule has 41 heavy (non-hydrogen) atoms. The Labute approximate surface area is 234 Å². The summed E-state index contributed by atoms with van der Waals surface area (Å²) in [6.07, 6.45) is -1.63. The first-order valence-electron chi connectivity index (χ1n) is 12.9. The van der Waals surface area contributed by atoms with Crippen LogP contribution in [0.25, 0.3) is 11.0 Å². The molecule has 12 nitrogen and oxygen atoms in total. The van der Waals surface area contributed by atoms with Gasteiger partial charge in [-0.15, -0.1) is 0 Å². The zero-order valence-corrected chi connectivity index (χ0v) is 22.7. The van der Waals surface area contributed by atoms with Crippen LogP contribution in [0.3, 0.4) is 0 Å². The average Bonchev–Trinajstić information content (AvgIpc) is 3.38. The van der Waals surface area contributed by atoms with Crippen molar-refractivity contribution in [1.82, 2.24) is 10.1 Å². The highest BCUT2D eigenvalue weighted by molar-refractivity contribution is 5.94. The van der Waals surface area contributed by atoms with Crippen LogP contribution in [-0.4, -0.2) is 93.8 Å².